The molecule has 2 N–H and O–H groups in total. The van der Waals surface area contributed by atoms with Crippen LogP contribution in [-0.4, -0.2) is 17.6 Å². The van der Waals surface area contributed by atoms with Crippen molar-refractivity contribution >= 4 is 17.2 Å². The van der Waals surface area contributed by atoms with Gasteiger partial charge in [0, 0.05) is 16.4 Å². The number of aliphatic hydroxyl groups excluding tert-OH is 1. The van der Waals surface area contributed by atoms with Gasteiger partial charge in [-0.2, -0.15) is 0 Å². The Morgan fingerprint density at radius 3 is 2.95 bits per heavy atom. The highest BCUT2D eigenvalue weighted by Crippen LogP contribution is 2.24. The number of thiophene rings is 1. The molecule has 102 valence electrons. The van der Waals surface area contributed by atoms with Gasteiger partial charge < -0.3 is 10.4 Å². The quantitative estimate of drug-likeness (QED) is 0.833. The molecule has 1 heterocycles. The molecule has 1 aliphatic rings. The van der Waals surface area contributed by atoms with Crippen LogP contribution in [0.4, 0.5) is 0 Å². The Balaban J connectivity index is 1.88. The average molecular weight is 277 g/mol. The van der Waals surface area contributed by atoms with Crippen molar-refractivity contribution in [3.63, 3.8) is 0 Å². The van der Waals surface area contributed by atoms with E-state index in [1.165, 1.54) is 19.3 Å². The van der Waals surface area contributed by atoms with Gasteiger partial charge >= 0.3 is 0 Å². The highest BCUT2D eigenvalue weighted by molar-refractivity contribution is 7.10. The summed E-state index contributed by atoms with van der Waals surface area (Å²) in [5.74, 6) is 5.92. The Morgan fingerprint density at radius 1 is 1.42 bits per heavy atom. The third kappa shape index (κ3) is 4.09. The van der Waals surface area contributed by atoms with Crippen molar-refractivity contribution in [2.75, 3.05) is 6.61 Å². The topological polar surface area (TPSA) is 49.3 Å². The summed E-state index contributed by atoms with van der Waals surface area (Å²) in [6, 6.07) is 1.93. The van der Waals surface area contributed by atoms with Gasteiger partial charge in [0.15, 0.2) is 0 Å². The Labute approximate surface area is 118 Å². The molecule has 0 bridgehead atoms. The van der Waals surface area contributed by atoms with Crippen molar-refractivity contribution in [2.24, 2.45) is 5.92 Å². The fourth-order valence-corrected chi connectivity index (χ4v) is 3.17. The Kier molecular flexibility index (Phi) is 5.44. The second kappa shape index (κ2) is 7.32. The van der Waals surface area contributed by atoms with E-state index in [4.69, 9.17) is 5.11 Å². The van der Waals surface area contributed by atoms with Crippen LogP contribution in [-0.2, 0) is 11.3 Å². The number of carbonyl (C=O) groups excluding carboxylic acids is 1. The van der Waals surface area contributed by atoms with Gasteiger partial charge in [-0.3, -0.25) is 4.79 Å². The van der Waals surface area contributed by atoms with Crippen molar-refractivity contribution in [3.8, 4) is 11.8 Å². The first-order valence-corrected chi connectivity index (χ1v) is 7.63. The molecule has 0 aliphatic heterocycles. The van der Waals surface area contributed by atoms with Crippen molar-refractivity contribution in [3.05, 3.63) is 21.9 Å². The van der Waals surface area contributed by atoms with Gasteiger partial charge in [0.1, 0.15) is 6.61 Å². The zero-order valence-electron chi connectivity index (χ0n) is 10.9. The lowest BCUT2D eigenvalue weighted by molar-refractivity contribution is -0.126. The molecule has 0 spiro atoms. The molecule has 1 amide bonds. The lowest BCUT2D eigenvalue weighted by Crippen LogP contribution is -2.31. The minimum absolute atomic E-state index is 0.135. The first-order chi connectivity index (χ1) is 9.31. The van der Waals surface area contributed by atoms with Crippen LogP contribution in [0.15, 0.2) is 11.4 Å². The predicted molar refractivity (Wildman–Crippen MR) is 76.7 cm³/mol. The van der Waals surface area contributed by atoms with Crippen LogP contribution in [0.25, 0.3) is 0 Å². The lowest BCUT2D eigenvalue weighted by atomic mass is 9.89. The second-order valence-corrected chi connectivity index (χ2v) is 5.77. The summed E-state index contributed by atoms with van der Waals surface area (Å²) in [5.41, 5.74) is 0.906. The lowest BCUT2D eigenvalue weighted by Gasteiger charge is -2.20. The van der Waals surface area contributed by atoms with E-state index in [9.17, 15) is 4.79 Å². The highest BCUT2D eigenvalue weighted by atomic mass is 32.1. The summed E-state index contributed by atoms with van der Waals surface area (Å²) in [6.45, 7) is 0.409. The maximum atomic E-state index is 12.0. The Morgan fingerprint density at radius 2 is 2.21 bits per heavy atom. The standard InChI is InChI=1S/C15H19NO2S/c17-9-4-7-12-8-10-19-14(12)11-16-15(18)13-5-2-1-3-6-13/h8,10,13,17H,1-3,5-6,9,11H2,(H,16,18). The summed E-state index contributed by atoms with van der Waals surface area (Å²) in [6.07, 6.45) is 5.64. The van der Waals surface area contributed by atoms with E-state index in [1.54, 1.807) is 11.3 Å². The molecule has 0 unspecified atom stereocenters. The average Bonchev–Trinajstić information content (AvgIpc) is 2.91. The molecule has 0 atom stereocenters. The smallest absolute Gasteiger partial charge is 0.223 e. The fraction of sp³-hybridized carbons (Fsp3) is 0.533. The SMILES string of the molecule is O=C(NCc1sccc1C#CCO)C1CCCCC1. The summed E-state index contributed by atoms with van der Waals surface area (Å²) in [5, 5.41) is 13.7. The van der Waals surface area contributed by atoms with Gasteiger partial charge in [-0.1, -0.05) is 31.1 Å². The summed E-state index contributed by atoms with van der Waals surface area (Å²) in [7, 11) is 0. The molecule has 4 heteroatoms. The maximum Gasteiger partial charge on any atom is 0.223 e. The first-order valence-electron chi connectivity index (χ1n) is 6.75. The molecule has 0 aromatic carbocycles. The van der Waals surface area contributed by atoms with Crippen LogP contribution in [0.1, 0.15) is 42.5 Å². The minimum atomic E-state index is -0.135. The van der Waals surface area contributed by atoms with E-state index >= 15 is 0 Å². The van der Waals surface area contributed by atoms with Gasteiger partial charge in [-0.25, -0.2) is 0 Å². The van der Waals surface area contributed by atoms with Gasteiger partial charge in [-0.15, -0.1) is 11.3 Å². The van der Waals surface area contributed by atoms with Crippen LogP contribution in [0.3, 0.4) is 0 Å². The summed E-state index contributed by atoms with van der Waals surface area (Å²) < 4.78 is 0. The van der Waals surface area contributed by atoms with Gasteiger partial charge in [0.2, 0.25) is 5.91 Å². The molecular formula is C15H19NO2S. The maximum absolute atomic E-state index is 12.0. The van der Waals surface area contributed by atoms with E-state index in [0.29, 0.717) is 6.54 Å². The number of nitrogens with one attached hydrogen (secondary N) is 1. The molecule has 1 aromatic rings. The van der Waals surface area contributed by atoms with Crippen LogP contribution in [0.5, 0.6) is 0 Å². The van der Waals surface area contributed by atoms with E-state index in [2.05, 4.69) is 17.2 Å². The first kappa shape index (κ1) is 14.1. The molecule has 1 saturated carbocycles. The second-order valence-electron chi connectivity index (χ2n) is 4.77. The Bertz CT molecular complexity index is 478. The van der Waals surface area contributed by atoms with Gasteiger partial charge in [0.05, 0.1) is 6.54 Å². The van der Waals surface area contributed by atoms with Crippen LogP contribution in [0.2, 0.25) is 0 Å². The van der Waals surface area contributed by atoms with Gasteiger partial charge in [-0.05, 0) is 24.3 Å². The molecule has 1 aliphatic carbocycles. The van der Waals surface area contributed by atoms with Crippen LogP contribution >= 0.6 is 11.3 Å². The summed E-state index contributed by atoms with van der Waals surface area (Å²) in [4.78, 5) is 13.1. The molecule has 3 nitrogen and oxygen atoms in total. The normalized spacial score (nSPS) is 15.6. The molecule has 0 radical (unpaired) electrons. The molecule has 2 rings (SSSR count). The van der Waals surface area contributed by atoms with E-state index < -0.39 is 0 Å². The van der Waals surface area contributed by atoms with E-state index in [-0.39, 0.29) is 18.4 Å². The number of hydrogen-bond acceptors (Lipinski definition) is 3. The van der Waals surface area contributed by atoms with Crippen molar-refractivity contribution in [2.45, 2.75) is 38.6 Å². The largest absolute Gasteiger partial charge is 0.384 e. The zero-order chi connectivity index (χ0) is 13.5. The number of aliphatic hydroxyl groups is 1. The molecule has 1 aromatic heterocycles. The number of hydrogen-bond donors (Lipinski definition) is 2. The third-order valence-electron chi connectivity index (χ3n) is 3.45. The van der Waals surface area contributed by atoms with Crippen molar-refractivity contribution in [1.82, 2.24) is 5.32 Å². The molecule has 0 saturated heterocycles. The van der Waals surface area contributed by atoms with Gasteiger partial charge in [0.25, 0.3) is 0 Å². The monoisotopic (exact) mass is 277 g/mol. The molecule has 19 heavy (non-hydrogen) atoms. The van der Waals surface area contributed by atoms with Crippen LogP contribution < -0.4 is 5.32 Å². The third-order valence-corrected chi connectivity index (χ3v) is 4.37. The van der Waals surface area contributed by atoms with Crippen LogP contribution in [0, 0.1) is 17.8 Å². The highest BCUT2D eigenvalue weighted by Gasteiger charge is 2.20. The predicted octanol–water partition coefficient (Wildman–Crippen LogP) is 2.29. The fourth-order valence-electron chi connectivity index (χ4n) is 2.40. The van der Waals surface area contributed by atoms with Crippen molar-refractivity contribution < 1.29 is 9.90 Å². The van der Waals surface area contributed by atoms with E-state index in [0.717, 1.165) is 23.3 Å². The number of amides is 1. The Hall–Kier alpha value is -1.31. The number of rotatable bonds is 3. The minimum Gasteiger partial charge on any atom is -0.384 e. The zero-order valence-corrected chi connectivity index (χ0v) is 11.8. The van der Waals surface area contributed by atoms with E-state index in [1.807, 2.05) is 11.4 Å². The molecule has 1 fully saturated rings. The molecular weight excluding hydrogens is 258 g/mol. The summed E-state index contributed by atoms with van der Waals surface area (Å²) >= 11 is 1.59. The van der Waals surface area contributed by atoms with Crippen molar-refractivity contribution in [1.29, 1.82) is 0 Å². The number of carbonyl (C=O) groups is 1.